The van der Waals surface area contributed by atoms with Crippen LogP contribution in [0.2, 0.25) is 0 Å². The number of pyridine rings is 1. The molecule has 1 atom stereocenters. The molecule has 156 valence electrons. The van der Waals surface area contributed by atoms with Gasteiger partial charge in [-0.2, -0.15) is 5.10 Å². The van der Waals surface area contributed by atoms with Gasteiger partial charge < -0.3 is 4.74 Å². The molecule has 3 heterocycles. The van der Waals surface area contributed by atoms with Crippen molar-refractivity contribution in [1.82, 2.24) is 9.99 Å². The number of carbonyl (C=O) groups is 1. The van der Waals surface area contributed by atoms with E-state index in [4.69, 9.17) is 4.74 Å². The maximum absolute atomic E-state index is 14.6. The fourth-order valence-electron chi connectivity index (χ4n) is 3.85. The van der Waals surface area contributed by atoms with Crippen LogP contribution < -0.4 is 4.74 Å². The van der Waals surface area contributed by atoms with Crippen molar-refractivity contribution in [2.75, 3.05) is 6.61 Å². The van der Waals surface area contributed by atoms with Gasteiger partial charge in [0.05, 0.1) is 13.0 Å². The van der Waals surface area contributed by atoms with E-state index < -0.39 is 16.5 Å². The molecule has 1 amide bonds. The van der Waals surface area contributed by atoms with E-state index in [2.05, 4.69) is 10.1 Å². The van der Waals surface area contributed by atoms with Crippen molar-refractivity contribution in [3.8, 4) is 5.75 Å². The first-order valence-corrected chi connectivity index (χ1v) is 10.6. The summed E-state index contributed by atoms with van der Waals surface area (Å²) in [5.41, 5.74) is 1.56. The molecule has 8 heteroatoms. The monoisotopic (exact) mass is 437 g/mol. The van der Waals surface area contributed by atoms with Crippen LogP contribution in [0.1, 0.15) is 23.1 Å². The first-order valence-electron chi connectivity index (χ1n) is 9.74. The Hall–Kier alpha value is -3.26. The van der Waals surface area contributed by atoms with Crippen LogP contribution in [0.3, 0.4) is 0 Å². The molecule has 0 saturated carbocycles. The smallest absolute Gasteiger partial charge is 0.248 e. The molecule has 0 radical (unpaired) electrons. The molecule has 3 aromatic rings. The van der Waals surface area contributed by atoms with Crippen molar-refractivity contribution in [3.63, 3.8) is 0 Å². The molecule has 0 fully saturated rings. The minimum atomic E-state index is -0.901. The summed E-state index contributed by atoms with van der Waals surface area (Å²) in [7, 11) is 0. The number of aromatic nitrogens is 1. The Balaban J connectivity index is 1.61. The standard InChI is InChI=1S/C23H17F2N3O2S/c24-16-7-8-19(25)17(13-16)22-27-28(21(29)12-15-4-3-10-26-14-15)23(31-22)9-11-30-20-6-2-1-5-18(20)23/h1-8,10,13-14H,9,11-12H2. The lowest BCUT2D eigenvalue weighted by Gasteiger charge is -2.39. The second-order valence-electron chi connectivity index (χ2n) is 7.25. The van der Waals surface area contributed by atoms with Crippen LogP contribution in [-0.2, 0) is 16.1 Å². The maximum Gasteiger partial charge on any atom is 0.248 e. The van der Waals surface area contributed by atoms with Crippen molar-refractivity contribution >= 4 is 22.7 Å². The Morgan fingerprint density at radius 1 is 1.16 bits per heavy atom. The fourth-order valence-corrected chi connectivity index (χ4v) is 5.25. The van der Waals surface area contributed by atoms with Crippen LogP contribution in [0.5, 0.6) is 5.75 Å². The highest BCUT2D eigenvalue weighted by Gasteiger charge is 2.51. The lowest BCUT2D eigenvalue weighted by molar-refractivity contribution is -0.134. The van der Waals surface area contributed by atoms with Crippen molar-refractivity contribution in [3.05, 3.63) is 95.3 Å². The Bertz CT molecular complexity index is 1190. The largest absolute Gasteiger partial charge is 0.493 e. The molecule has 0 N–H and O–H groups in total. The minimum Gasteiger partial charge on any atom is -0.493 e. The minimum absolute atomic E-state index is 0.0324. The molecule has 0 saturated heterocycles. The Kier molecular flexibility index (Phi) is 4.94. The van der Waals surface area contributed by atoms with Gasteiger partial charge in [-0.3, -0.25) is 9.78 Å². The van der Waals surface area contributed by atoms with Gasteiger partial charge in [0.2, 0.25) is 5.91 Å². The van der Waals surface area contributed by atoms with Crippen molar-refractivity contribution in [2.45, 2.75) is 17.7 Å². The van der Waals surface area contributed by atoms with Crippen LogP contribution in [0.15, 0.2) is 72.1 Å². The summed E-state index contributed by atoms with van der Waals surface area (Å²) in [5, 5.41) is 6.18. The Labute approximate surface area is 181 Å². The molecule has 31 heavy (non-hydrogen) atoms. The summed E-state index contributed by atoms with van der Waals surface area (Å²) < 4.78 is 34.2. The van der Waals surface area contributed by atoms with Crippen LogP contribution in [-0.4, -0.2) is 27.6 Å². The molecule has 0 bridgehead atoms. The number of hydrazone groups is 1. The van der Waals surface area contributed by atoms with Gasteiger partial charge in [-0.15, -0.1) is 0 Å². The number of hydrogen-bond acceptors (Lipinski definition) is 5. The number of para-hydroxylation sites is 1. The first kappa shape index (κ1) is 19.7. The quantitative estimate of drug-likeness (QED) is 0.607. The molecule has 2 aliphatic rings. The number of ether oxygens (including phenoxy) is 1. The summed E-state index contributed by atoms with van der Waals surface area (Å²) in [6.45, 7) is 0.370. The van der Waals surface area contributed by atoms with Crippen molar-refractivity contribution in [2.24, 2.45) is 5.10 Å². The molecule has 1 spiro atoms. The van der Waals surface area contributed by atoms with Crippen molar-refractivity contribution in [1.29, 1.82) is 0 Å². The second-order valence-corrected chi connectivity index (χ2v) is 8.52. The molecule has 2 aromatic carbocycles. The van der Waals surface area contributed by atoms with Gasteiger partial charge in [-0.05, 0) is 35.9 Å². The lowest BCUT2D eigenvalue weighted by Crippen LogP contribution is -2.45. The zero-order chi connectivity index (χ0) is 21.4. The molecule has 1 unspecified atom stereocenters. The highest BCUT2D eigenvalue weighted by molar-refractivity contribution is 8.15. The van der Waals surface area contributed by atoms with E-state index in [1.54, 1.807) is 18.5 Å². The van der Waals surface area contributed by atoms with Gasteiger partial charge in [0.25, 0.3) is 0 Å². The zero-order valence-electron chi connectivity index (χ0n) is 16.3. The second kappa shape index (κ2) is 7.77. The summed E-state index contributed by atoms with van der Waals surface area (Å²) in [6, 6.07) is 14.2. The number of benzene rings is 2. The lowest BCUT2D eigenvalue weighted by atomic mass is 9.98. The van der Waals surface area contributed by atoms with Gasteiger partial charge in [0, 0.05) is 29.9 Å². The number of thioether (sulfide) groups is 1. The third-order valence-corrected chi connectivity index (χ3v) is 6.71. The third kappa shape index (κ3) is 3.46. The summed E-state index contributed by atoms with van der Waals surface area (Å²) in [5.74, 6) is -0.772. The van der Waals surface area contributed by atoms with Gasteiger partial charge in [-0.25, -0.2) is 13.8 Å². The van der Waals surface area contributed by atoms with E-state index in [0.717, 1.165) is 29.3 Å². The average molecular weight is 437 g/mol. The number of halogens is 2. The van der Waals surface area contributed by atoms with E-state index in [-0.39, 0.29) is 22.9 Å². The van der Waals surface area contributed by atoms with Crippen LogP contribution in [0, 0.1) is 11.6 Å². The Morgan fingerprint density at radius 3 is 2.87 bits per heavy atom. The van der Waals surface area contributed by atoms with Gasteiger partial charge in [-0.1, -0.05) is 36.0 Å². The van der Waals surface area contributed by atoms with Crippen LogP contribution >= 0.6 is 11.8 Å². The molecule has 0 aliphatic carbocycles. The zero-order valence-corrected chi connectivity index (χ0v) is 17.1. The first-order chi connectivity index (χ1) is 15.1. The maximum atomic E-state index is 14.6. The summed E-state index contributed by atoms with van der Waals surface area (Å²) >= 11 is 1.25. The van der Waals surface area contributed by atoms with E-state index in [1.165, 1.54) is 16.8 Å². The SMILES string of the molecule is O=C(Cc1cccnc1)N1N=C(c2cc(F)ccc2F)SC12CCOc1ccccc12. The predicted molar refractivity (Wildman–Crippen MR) is 114 cm³/mol. The number of hydrogen-bond donors (Lipinski definition) is 0. The number of fused-ring (bicyclic) bond motifs is 2. The van der Waals surface area contributed by atoms with Gasteiger partial charge >= 0.3 is 0 Å². The number of rotatable bonds is 3. The fraction of sp³-hybridized carbons (Fsp3) is 0.174. The topological polar surface area (TPSA) is 54.8 Å². The van der Waals surface area contributed by atoms with E-state index >= 15 is 0 Å². The number of amides is 1. The number of carbonyl (C=O) groups excluding carboxylic acids is 1. The van der Waals surface area contributed by atoms with Crippen LogP contribution in [0.25, 0.3) is 0 Å². The normalized spacial score (nSPS) is 19.7. The van der Waals surface area contributed by atoms with Crippen LogP contribution in [0.4, 0.5) is 8.78 Å². The van der Waals surface area contributed by atoms with Gasteiger partial charge in [0.1, 0.15) is 27.3 Å². The predicted octanol–water partition coefficient (Wildman–Crippen LogP) is 4.48. The Morgan fingerprint density at radius 2 is 2.03 bits per heavy atom. The molecular weight excluding hydrogens is 420 g/mol. The van der Waals surface area contributed by atoms with E-state index in [0.29, 0.717) is 18.8 Å². The summed E-state index contributed by atoms with van der Waals surface area (Å²) in [6.07, 6.45) is 3.81. The molecule has 2 aliphatic heterocycles. The highest BCUT2D eigenvalue weighted by Crippen LogP contribution is 2.54. The number of nitrogens with zero attached hydrogens (tertiary/aromatic N) is 3. The molecule has 1 aromatic heterocycles. The molecule has 5 rings (SSSR count). The van der Waals surface area contributed by atoms with Gasteiger partial charge in [0.15, 0.2) is 0 Å². The molecule has 5 nitrogen and oxygen atoms in total. The average Bonchev–Trinajstić information content (AvgIpc) is 3.16. The third-order valence-electron chi connectivity index (χ3n) is 5.28. The highest BCUT2D eigenvalue weighted by atomic mass is 32.2. The molecular formula is C23H17F2N3O2S. The van der Waals surface area contributed by atoms with E-state index in [1.807, 2.05) is 30.3 Å². The van der Waals surface area contributed by atoms with Crippen molar-refractivity contribution < 1.29 is 18.3 Å². The summed E-state index contributed by atoms with van der Waals surface area (Å²) in [4.78, 5) is 16.6. The van der Waals surface area contributed by atoms with E-state index in [9.17, 15) is 13.6 Å².